The first-order chi connectivity index (χ1) is 9.38. The number of benzene rings is 1. The largest absolute Gasteiger partial charge is 0.508 e. The van der Waals surface area contributed by atoms with E-state index in [0.717, 1.165) is 0 Å². The van der Waals surface area contributed by atoms with Crippen molar-refractivity contribution in [1.29, 1.82) is 0 Å². The van der Waals surface area contributed by atoms with E-state index in [1.165, 1.54) is 0 Å². The maximum Gasteiger partial charge on any atom is 0.272 e. The molecule has 1 aromatic heterocycles. The third-order valence-electron chi connectivity index (χ3n) is 3.06. The van der Waals surface area contributed by atoms with E-state index in [-0.39, 0.29) is 17.7 Å². The molecular formula is C15H17ClN2O2. The number of halogens is 1. The number of nitrogens with one attached hydrogen (secondary N) is 1. The van der Waals surface area contributed by atoms with Crippen molar-refractivity contribution in [3.8, 4) is 5.75 Å². The van der Waals surface area contributed by atoms with Crippen LogP contribution in [-0.2, 0) is 0 Å². The van der Waals surface area contributed by atoms with E-state index in [9.17, 15) is 9.90 Å². The van der Waals surface area contributed by atoms with E-state index in [4.69, 9.17) is 11.6 Å². The molecule has 20 heavy (non-hydrogen) atoms. The second-order valence-electron chi connectivity index (χ2n) is 5.00. The van der Waals surface area contributed by atoms with E-state index in [2.05, 4.69) is 5.32 Å². The molecule has 4 nitrogen and oxygen atoms in total. The molecule has 0 fully saturated rings. The van der Waals surface area contributed by atoms with Crippen LogP contribution in [-0.4, -0.2) is 15.6 Å². The first-order valence-corrected chi connectivity index (χ1v) is 6.74. The van der Waals surface area contributed by atoms with Crippen molar-refractivity contribution in [2.24, 2.45) is 0 Å². The van der Waals surface area contributed by atoms with E-state index < -0.39 is 0 Å². The summed E-state index contributed by atoms with van der Waals surface area (Å²) >= 11 is 5.97. The summed E-state index contributed by atoms with van der Waals surface area (Å²) in [4.78, 5) is 12.3. The lowest BCUT2D eigenvalue weighted by Crippen LogP contribution is -2.17. The topological polar surface area (TPSA) is 54.3 Å². The van der Waals surface area contributed by atoms with Crippen LogP contribution in [0.5, 0.6) is 5.75 Å². The van der Waals surface area contributed by atoms with Gasteiger partial charge < -0.3 is 15.0 Å². The third-order valence-corrected chi connectivity index (χ3v) is 3.27. The fourth-order valence-corrected chi connectivity index (χ4v) is 2.19. The lowest BCUT2D eigenvalue weighted by molar-refractivity contribution is 0.101. The fourth-order valence-electron chi connectivity index (χ4n) is 1.98. The number of hydrogen-bond donors (Lipinski definition) is 2. The number of aryl methyl sites for hydroxylation is 1. The molecule has 0 aliphatic heterocycles. The average Bonchev–Trinajstić information content (AvgIpc) is 2.76. The Labute approximate surface area is 123 Å². The summed E-state index contributed by atoms with van der Waals surface area (Å²) in [5.74, 6) is -0.0210. The van der Waals surface area contributed by atoms with Crippen molar-refractivity contribution in [2.75, 3.05) is 5.32 Å². The van der Waals surface area contributed by atoms with Crippen molar-refractivity contribution >= 4 is 23.2 Å². The number of nitrogens with zero attached hydrogens (tertiary/aromatic N) is 1. The Morgan fingerprint density at radius 3 is 2.65 bits per heavy atom. The van der Waals surface area contributed by atoms with Crippen LogP contribution in [0, 0.1) is 6.92 Å². The minimum absolute atomic E-state index is 0.143. The molecule has 2 N–H and O–H groups in total. The average molecular weight is 293 g/mol. The molecule has 2 rings (SSSR count). The summed E-state index contributed by atoms with van der Waals surface area (Å²) in [5.41, 5.74) is 1.86. The molecule has 2 aromatic rings. The summed E-state index contributed by atoms with van der Waals surface area (Å²) in [6.07, 6.45) is 1.74. The van der Waals surface area contributed by atoms with E-state index in [0.29, 0.717) is 22.0 Å². The van der Waals surface area contributed by atoms with Crippen molar-refractivity contribution in [2.45, 2.75) is 26.8 Å². The number of phenolic OH excluding ortho intramolecular Hbond substituents is 1. The van der Waals surface area contributed by atoms with Crippen LogP contribution >= 0.6 is 11.6 Å². The van der Waals surface area contributed by atoms with Gasteiger partial charge in [0, 0.05) is 17.9 Å². The molecule has 0 radical (unpaired) electrons. The van der Waals surface area contributed by atoms with Crippen LogP contribution < -0.4 is 5.32 Å². The van der Waals surface area contributed by atoms with Gasteiger partial charge in [0.1, 0.15) is 11.4 Å². The number of aromatic nitrogens is 1. The molecule has 1 heterocycles. The Hall–Kier alpha value is -1.94. The van der Waals surface area contributed by atoms with Crippen LogP contribution in [0.3, 0.4) is 0 Å². The highest BCUT2D eigenvalue weighted by Crippen LogP contribution is 2.23. The minimum atomic E-state index is -0.226. The number of carbonyl (C=O) groups excluding carboxylic acids is 1. The van der Waals surface area contributed by atoms with Crippen molar-refractivity contribution in [3.63, 3.8) is 0 Å². The SMILES string of the molecule is Cc1cc(NC(=O)c2cc(Cl)cn2C(C)C)ccc1O. The summed E-state index contributed by atoms with van der Waals surface area (Å²) < 4.78 is 1.82. The highest BCUT2D eigenvalue weighted by Gasteiger charge is 2.15. The van der Waals surface area contributed by atoms with Crippen LogP contribution in [0.15, 0.2) is 30.5 Å². The quantitative estimate of drug-likeness (QED) is 0.841. The van der Waals surface area contributed by atoms with Gasteiger partial charge in [0.05, 0.1) is 5.02 Å². The molecule has 1 aromatic carbocycles. The number of rotatable bonds is 3. The number of aromatic hydroxyl groups is 1. The van der Waals surface area contributed by atoms with Crippen molar-refractivity contribution in [3.05, 3.63) is 46.7 Å². The van der Waals surface area contributed by atoms with Crippen molar-refractivity contribution in [1.82, 2.24) is 4.57 Å². The smallest absolute Gasteiger partial charge is 0.272 e. The third kappa shape index (κ3) is 2.96. The summed E-state index contributed by atoms with van der Waals surface area (Å²) in [5, 5.41) is 12.8. The predicted molar refractivity (Wildman–Crippen MR) is 80.6 cm³/mol. The number of amides is 1. The van der Waals surface area contributed by atoms with E-state index in [1.54, 1.807) is 37.4 Å². The molecule has 5 heteroatoms. The van der Waals surface area contributed by atoms with Gasteiger partial charge in [0.15, 0.2) is 0 Å². The van der Waals surface area contributed by atoms with Gasteiger partial charge >= 0.3 is 0 Å². The monoisotopic (exact) mass is 292 g/mol. The van der Waals surface area contributed by atoms with Crippen molar-refractivity contribution < 1.29 is 9.90 Å². The normalized spacial score (nSPS) is 10.8. The first-order valence-electron chi connectivity index (χ1n) is 6.37. The zero-order valence-electron chi connectivity index (χ0n) is 11.6. The van der Waals surface area contributed by atoms with Gasteiger partial charge in [-0.25, -0.2) is 0 Å². The molecule has 1 amide bonds. The molecule has 0 aliphatic rings. The van der Waals surface area contributed by atoms with Crippen LogP contribution in [0.4, 0.5) is 5.69 Å². The molecule has 0 aliphatic carbocycles. The van der Waals surface area contributed by atoms with Crippen LogP contribution in [0.1, 0.15) is 35.9 Å². The number of phenols is 1. The van der Waals surface area contributed by atoms with Gasteiger partial charge in [-0.15, -0.1) is 0 Å². The number of carbonyl (C=O) groups is 1. The molecule has 0 atom stereocenters. The zero-order valence-corrected chi connectivity index (χ0v) is 12.4. The maximum absolute atomic E-state index is 12.3. The Balaban J connectivity index is 2.26. The van der Waals surface area contributed by atoms with E-state index >= 15 is 0 Å². The maximum atomic E-state index is 12.3. The highest BCUT2D eigenvalue weighted by molar-refractivity contribution is 6.31. The molecule has 0 saturated heterocycles. The molecule has 106 valence electrons. The number of anilines is 1. The zero-order chi connectivity index (χ0) is 14.9. The molecule has 0 saturated carbocycles. The van der Waals surface area contributed by atoms with Gasteiger partial charge in [0.2, 0.25) is 0 Å². The Bertz CT molecular complexity index is 647. The molecule has 0 bridgehead atoms. The first kappa shape index (κ1) is 14.5. The molecule has 0 spiro atoms. The fraction of sp³-hybridized carbons (Fsp3) is 0.267. The summed E-state index contributed by atoms with van der Waals surface area (Å²) in [6, 6.07) is 6.72. The Morgan fingerprint density at radius 1 is 1.35 bits per heavy atom. The predicted octanol–water partition coefficient (Wildman–Crippen LogP) is 3.99. The van der Waals surface area contributed by atoms with Gasteiger partial charge in [-0.3, -0.25) is 4.79 Å². The lowest BCUT2D eigenvalue weighted by Gasteiger charge is -2.13. The van der Waals surface area contributed by atoms with Gasteiger partial charge in [-0.05, 0) is 50.6 Å². The lowest BCUT2D eigenvalue weighted by atomic mass is 10.2. The molecular weight excluding hydrogens is 276 g/mol. The Morgan fingerprint density at radius 2 is 2.05 bits per heavy atom. The summed E-state index contributed by atoms with van der Waals surface area (Å²) in [7, 11) is 0. The second kappa shape index (κ2) is 5.59. The molecule has 0 unspecified atom stereocenters. The Kier molecular flexibility index (Phi) is 4.04. The van der Waals surface area contributed by atoms with Gasteiger partial charge in [-0.2, -0.15) is 0 Å². The van der Waals surface area contributed by atoms with Crippen LogP contribution in [0.25, 0.3) is 0 Å². The van der Waals surface area contributed by atoms with Gasteiger partial charge in [0.25, 0.3) is 5.91 Å². The number of hydrogen-bond acceptors (Lipinski definition) is 2. The van der Waals surface area contributed by atoms with Crippen LogP contribution in [0.2, 0.25) is 5.02 Å². The van der Waals surface area contributed by atoms with E-state index in [1.807, 2.05) is 18.4 Å². The minimum Gasteiger partial charge on any atom is -0.508 e. The van der Waals surface area contributed by atoms with Gasteiger partial charge in [-0.1, -0.05) is 11.6 Å². The highest BCUT2D eigenvalue weighted by atomic mass is 35.5. The summed E-state index contributed by atoms with van der Waals surface area (Å²) in [6.45, 7) is 5.74. The second-order valence-corrected chi connectivity index (χ2v) is 5.44. The standard InChI is InChI=1S/C15H17ClN2O2/c1-9(2)18-8-11(16)7-13(18)15(20)17-12-4-5-14(19)10(3)6-12/h4-9,19H,1-3H3,(H,17,20).